The number of hydrogen-bond acceptors (Lipinski definition) is 28. The summed E-state index contributed by atoms with van der Waals surface area (Å²) in [6.07, 6.45) is 0. The molecule has 91 heavy (non-hydrogen) atoms. The minimum Gasteiger partial charge on any atom is -0.507 e. The Morgan fingerprint density at radius 1 is 0.484 bits per heavy atom. The van der Waals surface area contributed by atoms with Gasteiger partial charge in [-0.3, -0.25) is 9.11 Å². The number of benzene rings is 10. The van der Waals surface area contributed by atoms with Gasteiger partial charge in [0.2, 0.25) is 0 Å². The summed E-state index contributed by atoms with van der Waals surface area (Å²) < 4.78 is 91.7. The van der Waals surface area contributed by atoms with Crippen LogP contribution in [0.4, 0.5) is 56.9 Å². The quantitative estimate of drug-likeness (QED) is 0.00883. The van der Waals surface area contributed by atoms with Gasteiger partial charge in [0.1, 0.15) is 58.1 Å². The van der Waals surface area contributed by atoms with E-state index >= 15 is 0 Å². The van der Waals surface area contributed by atoms with Crippen molar-refractivity contribution in [2.45, 2.75) is 40.4 Å². The van der Waals surface area contributed by atoms with E-state index in [0.717, 1.165) is 34.5 Å². The molecule has 10 rings (SSSR count). The predicted octanol–water partition coefficient (Wildman–Crippen LogP) is 15.8. The Morgan fingerprint density at radius 2 is 1.03 bits per heavy atom. The normalized spacial score (nSPS) is 12.4. The highest BCUT2D eigenvalue weighted by Crippen LogP contribution is 2.48. The Kier molecular flexibility index (Phi) is 19.7. The first-order valence-electron chi connectivity index (χ1n) is 26.5. The monoisotopic (exact) mass is 1320 g/mol. The van der Waals surface area contributed by atoms with Gasteiger partial charge in [-0.1, -0.05) is 46.0 Å². The topological polar surface area (TPSA) is 417 Å². The van der Waals surface area contributed by atoms with Crippen molar-refractivity contribution in [1.82, 2.24) is 0 Å². The Labute approximate surface area is 523 Å². The molecule has 10 aromatic carbocycles. The van der Waals surface area contributed by atoms with Gasteiger partial charge in [-0.2, -0.15) is 27.1 Å². The summed E-state index contributed by atoms with van der Waals surface area (Å²) in [5, 5.41) is 119. The Bertz CT molecular complexity index is 4870. The maximum atomic E-state index is 13.0. The van der Waals surface area contributed by atoms with Gasteiger partial charge >= 0.3 is 0 Å². The molecule has 0 aromatic heterocycles. The van der Waals surface area contributed by atoms with Crippen LogP contribution >= 0.6 is 24.1 Å². The number of anilines is 2. The number of azo groups is 4. The molecule has 28 nitrogen and oxygen atoms in total. The number of aryl methyl sites for hydroxylation is 3. The second kappa shape index (κ2) is 27.8. The van der Waals surface area contributed by atoms with Crippen molar-refractivity contribution in [1.29, 1.82) is 0 Å². The first kappa shape index (κ1) is 64.6. The molecule has 0 aliphatic carbocycles. The highest BCUT2D eigenvalue weighted by molar-refractivity contribution is 7.95. The maximum absolute atomic E-state index is 13.0. The van der Waals surface area contributed by atoms with Crippen molar-refractivity contribution in [3.63, 3.8) is 0 Å². The molecule has 468 valence electrons. The van der Waals surface area contributed by atoms with Crippen LogP contribution in [0.1, 0.15) is 16.7 Å². The fraction of sp³-hybridized carbons (Fsp3) is 0.119. The maximum Gasteiger partial charge on any atom is 0.296 e. The molecule has 0 saturated carbocycles. The standard InChI is InChI=1S/C59H49N9O19S4/c1-30-7-10-41-33(17-30)5-4-6-44(41)61-62-45-28-52(83-16-14-70)48(19-31(45)2)65-68-57-54(91(79,80)81)25-35-21-38(9-12-43(35)59(57)73)60-37-8-11-42-34(20-37)24-53(89-87-85-75)56(58(42)72)67-64-47-18-32(3)46(29-51(47)82-15-13-69)63-66-49-27-40(90(76,77)78)23-36-22-39(88-86-84-74)26-50(71)55(36)49/h4-12,17-29,60,69-75H,13-16H2,1-3H3,(H,76,77,78)(H,79,80,81). The Morgan fingerprint density at radius 3 is 1.63 bits per heavy atom. The van der Waals surface area contributed by atoms with E-state index in [-0.39, 0.29) is 96.5 Å². The van der Waals surface area contributed by atoms with Gasteiger partial charge < -0.3 is 40.3 Å². The molecule has 0 radical (unpaired) electrons. The van der Waals surface area contributed by atoms with Crippen LogP contribution in [0.3, 0.4) is 0 Å². The summed E-state index contributed by atoms with van der Waals surface area (Å²) in [6.45, 7) is 4.14. The van der Waals surface area contributed by atoms with Gasteiger partial charge in [0.05, 0.1) is 75.2 Å². The third-order valence-electron chi connectivity index (χ3n) is 13.5. The molecule has 0 atom stereocenters. The number of phenols is 3. The molecule has 0 aliphatic rings. The first-order valence-corrected chi connectivity index (χ1v) is 30.9. The van der Waals surface area contributed by atoms with E-state index in [9.17, 15) is 51.5 Å². The third-order valence-corrected chi connectivity index (χ3v) is 16.4. The number of nitrogens with zero attached hydrogens (tertiary/aromatic N) is 8. The van der Waals surface area contributed by atoms with Gasteiger partial charge in [0.15, 0.2) is 11.5 Å². The Hall–Kier alpha value is -9.36. The zero-order valence-electron chi connectivity index (χ0n) is 47.3. The van der Waals surface area contributed by atoms with Crippen LogP contribution in [0.25, 0.3) is 43.1 Å². The Balaban J connectivity index is 0.927. The van der Waals surface area contributed by atoms with Crippen LogP contribution in [0.2, 0.25) is 0 Å². The molecule has 0 bridgehead atoms. The number of ether oxygens (including phenoxy) is 2. The third kappa shape index (κ3) is 14.8. The van der Waals surface area contributed by atoms with Crippen molar-refractivity contribution < 1.29 is 90.2 Å². The van der Waals surface area contributed by atoms with Crippen LogP contribution in [-0.4, -0.2) is 88.4 Å². The lowest BCUT2D eigenvalue weighted by atomic mass is 10.1. The van der Waals surface area contributed by atoms with Gasteiger partial charge in [0, 0.05) is 44.6 Å². The minimum atomic E-state index is -5.07. The van der Waals surface area contributed by atoms with E-state index in [0.29, 0.717) is 63.3 Å². The lowest BCUT2D eigenvalue weighted by molar-refractivity contribution is -0.432. The number of aliphatic hydroxyl groups excluding tert-OH is 2. The summed E-state index contributed by atoms with van der Waals surface area (Å²) in [5.74, 6) is -1.37. The van der Waals surface area contributed by atoms with E-state index in [2.05, 4.69) is 60.6 Å². The number of hydrogen-bond donors (Lipinski definition) is 10. The SMILES string of the molecule is Cc1ccc2c(N=Nc3cc(OCCO)c(N=Nc4c(S(=O)(=O)O)cc5cc(Nc6ccc7c(O)c(N=Nc8cc(C)c(N=Nc9cc(S(=O)(=O)O)cc%10cc(SOOO)cc(O)c9%10)cc8OCCO)c(SOOO)cc7c6)ccc5c4O)cc3C)cccc2c1. The molecule has 0 saturated heterocycles. The predicted molar refractivity (Wildman–Crippen MR) is 334 cm³/mol. The van der Waals surface area contributed by atoms with E-state index in [1.807, 2.05) is 43.3 Å². The highest BCUT2D eigenvalue weighted by atomic mass is 32.2. The van der Waals surface area contributed by atoms with Gasteiger partial charge in [-0.25, -0.2) is 10.5 Å². The van der Waals surface area contributed by atoms with Gasteiger partial charge in [0.25, 0.3) is 20.2 Å². The number of aromatic hydroxyl groups is 3. The van der Waals surface area contributed by atoms with Crippen LogP contribution in [0.5, 0.6) is 28.7 Å². The first-order chi connectivity index (χ1) is 43.6. The fourth-order valence-corrected chi connectivity index (χ4v) is 11.5. The second-order valence-corrected chi connectivity index (χ2v) is 24.0. The molecule has 10 N–H and O–H groups in total. The summed E-state index contributed by atoms with van der Waals surface area (Å²) in [4.78, 5) is -1.15. The fourth-order valence-electron chi connectivity index (χ4n) is 9.41. The number of rotatable bonds is 24. The molecule has 0 aliphatic heterocycles. The molecule has 0 unspecified atom stereocenters. The van der Waals surface area contributed by atoms with E-state index in [1.54, 1.807) is 44.2 Å². The zero-order chi connectivity index (χ0) is 64.7. The van der Waals surface area contributed by atoms with Crippen molar-refractivity contribution >= 4 is 144 Å². The van der Waals surface area contributed by atoms with Gasteiger partial charge in [-0.05, 0) is 144 Å². The molecule has 0 heterocycles. The van der Waals surface area contributed by atoms with Crippen molar-refractivity contribution in [2.24, 2.45) is 40.9 Å². The van der Waals surface area contributed by atoms with E-state index < -0.39 is 59.6 Å². The summed E-state index contributed by atoms with van der Waals surface area (Å²) in [6, 6.07) is 34.1. The molecule has 0 amide bonds. The number of nitrogens with one attached hydrogen (secondary N) is 1. The zero-order valence-corrected chi connectivity index (χ0v) is 50.6. The lowest BCUT2D eigenvalue weighted by Gasteiger charge is -2.14. The van der Waals surface area contributed by atoms with Crippen molar-refractivity contribution in [2.75, 3.05) is 31.7 Å². The molecule has 0 spiro atoms. The van der Waals surface area contributed by atoms with Crippen LogP contribution in [0, 0.1) is 20.8 Å². The average Bonchev–Trinajstić information content (AvgIpc) is 0.808. The molecule has 0 fully saturated rings. The summed E-state index contributed by atoms with van der Waals surface area (Å²) in [7, 11) is -9.89. The number of phenolic OH excluding ortho intramolecular Hbond substituents is 3. The molecular weight excluding hydrogens is 1270 g/mol. The summed E-state index contributed by atoms with van der Waals surface area (Å²) in [5.41, 5.74) is 3.14. The number of fused-ring (bicyclic) bond motifs is 4. The van der Waals surface area contributed by atoms with Crippen LogP contribution in [-0.2, 0) is 39.0 Å². The van der Waals surface area contributed by atoms with E-state index in [4.69, 9.17) is 24.3 Å². The molecular formula is C59H49N9O19S4. The number of aliphatic hydroxyl groups is 2. The smallest absolute Gasteiger partial charge is 0.296 e. The summed E-state index contributed by atoms with van der Waals surface area (Å²) >= 11 is 0.932. The average molecular weight is 1320 g/mol. The minimum absolute atomic E-state index is 0.00506. The molecule has 10 aromatic rings. The second-order valence-electron chi connectivity index (χ2n) is 19.7. The lowest BCUT2D eigenvalue weighted by Crippen LogP contribution is -2.02. The van der Waals surface area contributed by atoms with Gasteiger partial charge in [-0.15, -0.1) is 39.4 Å². The van der Waals surface area contributed by atoms with Crippen molar-refractivity contribution in [3.8, 4) is 28.7 Å². The van der Waals surface area contributed by atoms with Crippen LogP contribution < -0.4 is 14.8 Å². The van der Waals surface area contributed by atoms with Crippen LogP contribution in [0.15, 0.2) is 194 Å². The highest BCUT2D eigenvalue weighted by Gasteiger charge is 2.24. The van der Waals surface area contributed by atoms with E-state index in [1.165, 1.54) is 48.5 Å². The largest absolute Gasteiger partial charge is 0.507 e. The van der Waals surface area contributed by atoms with Crippen molar-refractivity contribution in [3.05, 3.63) is 150 Å². The molecule has 32 heteroatoms.